The first-order valence-electron chi connectivity index (χ1n) is 5.98. The van der Waals surface area contributed by atoms with Crippen LogP contribution in [0.1, 0.15) is 17.5 Å². The molecular weight excluding hydrogens is 244 g/mol. The standard InChI is InChI=1S/C14H18N2O3/c1-2-5-12(14(18)19)16-13(17)8-10-6-3-4-7-11(10)9-15/h2-4,6-7,12H,1,5,8-9,15H2,(H,16,17)(H,18,19). The fraction of sp³-hybridized carbons (Fsp3) is 0.286. The summed E-state index contributed by atoms with van der Waals surface area (Å²) in [7, 11) is 0. The molecule has 1 aromatic carbocycles. The van der Waals surface area contributed by atoms with Gasteiger partial charge in [-0.25, -0.2) is 4.79 Å². The molecule has 1 atom stereocenters. The molecule has 0 aliphatic rings. The summed E-state index contributed by atoms with van der Waals surface area (Å²) in [5.41, 5.74) is 7.28. The smallest absolute Gasteiger partial charge is 0.326 e. The molecule has 5 nitrogen and oxygen atoms in total. The molecule has 0 aromatic heterocycles. The summed E-state index contributed by atoms with van der Waals surface area (Å²) in [5.74, 6) is -1.41. The predicted octanol–water partition coefficient (Wildman–Crippen LogP) is 0.833. The topological polar surface area (TPSA) is 92.4 Å². The Morgan fingerprint density at radius 2 is 2.00 bits per heavy atom. The summed E-state index contributed by atoms with van der Waals surface area (Å²) >= 11 is 0. The maximum Gasteiger partial charge on any atom is 0.326 e. The van der Waals surface area contributed by atoms with E-state index in [1.54, 1.807) is 0 Å². The third-order valence-corrected chi connectivity index (χ3v) is 2.72. The summed E-state index contributed by atoms with van der Waals surface area (Å²) < 4.78 is 0. The van der Waals surface area contributed by atoms with Crippen molar-refractivity contribution in [3.05, 3.63) is 48.0 Å². The van der Waals surface area contributed by atoms with E-state index in [1.165, 1.54) is 6.08 Å². The number of nitrogens with two attached hydrogens (primary N) is 1. The van der Waals surface area contributed by atoms with Gasteiger partial charge < -0.3 is 16.2 Å². The Bertz CT molecular complexity index is 472. The normalized spacial score (nSPS) is 11.6. The van der Waals surface area contributed by atoms with Crippen LogP contribution in [0.5, 0.6) is 0 Å². The Kier molecular flexibility index (Phi) is 5.75. The fourth-order valence-corrected chi connectivity index (χ4v) is 1.74. The first kappa shape index (κ1) is 14.9. The van der Waals surface area contributed by atoms with Crippen molar-refractivity contribution in [2.45, 2.75) is 25.4 Å². The van der Waals surface area contributed by atoms with E-state index in [0.717, 1.165) is 11.1 Å². The van der Waals surface area contributed by atoms with Gasteiger partial charge in [-0.3, -0.25) is 4.79 Å². The molecule has 1 unspecified atom stereocenters. The number of hydrogen-bond acceptors (Lipinski definition) is 3. The minimum absolute atomic E-state index is 0.119. The SMILES string of the molecule is C=CCC(NC(=O)Cc1ccccc1CN)C(=O)O. The van der Waals surface area contributed by atoms with Crippen LogP contribution in [-0.4, -0.2) is 23.0 Å². The molecule has 0 aliphatic carbocycles. The van der Waals surface area contributed by atoms with Crippen LogP contribution in [0.2, 0.25) is 0 Å². The molecule has 1 aromatic rings. The summed E-state index contributed by atoms with van der Waals surface area (Å²) in [6.45, 7) is 3.82. The van der Waals surface area contributed by atoms with Crippen molar-refractivity contribution in [1.82, 2.24) is 5.32 Å². The number of benzene rings is 1. The van der Waals surface area contributed by atoms with Crippen molar-refractivity contribution < 1.29 is 14.7 Å². The highest BCUT2D eigenvalue weighted by atomic mass is 16.4. The molecule has 0 spiro atoms. The molecule has 5 heteroatoms. The van der Waals surface area contributed by atoms with Gasteiger partial charge in [-0.05, 0) is 17.5 Å². The summed E-state index contributed by atoms with van der Waals surface area (Å²) in [6.07, 6.45) is 1.78. The molecule has 0 fully saturated rings. The molecule has 102 valence electrons. The van der Waals surface area contributed by atoms with Gasteiger partial charge in [0.2, 0.25) is 5.91 Å². The molecule has 0 saturated carbocycles. The zero-order valence-electron chi connectivity index (χ0n) is 10.6. The molecule has 1 amide bonds. The number of carbonyl (C=O) groups excluding carboxylic acids is 1. The third kappa shape index (κ3) is 4.56. The van der Waals surface area contributed by atoms with Gasteiger partial charge in [0.05, 0.1) is 6.42 Å². The first-order valence-corrected chi connectivity index (χ1v) is 5.98. The monoisotopic (exact) mass is 262 g/mol. The molecule has 19 heavy (non-hydrogen) atoms. The van der Waals surface area contributed by atoms with Gasteiger partial charge in [-0.2, -0.15) is 0 Å². The number of amides is 1. The van der Waals surface area contributed by atoms with Crippen LogP contribution in [0, 0.1) is 0 Å². The number of carbonyl (C=O) groups is 2. The van der Waals surface area contributed by atoms with Crippen LogP contribution in [-0.2, 0) is 22.6 Å². The van der Waals surface area contributed by atoms with Crippen LogP contribution >= 0.6 is 0 Å². The van der Waals surface area contributed by atoms with Crippen molar-refractivity contribution in [2.24, 2.45) is 5.73 Å². The number of carboxylic acid groups (broad SMARTS) is 1. The summed E-state index contributed by atoms with van der Waals surface area (Å²) in [6, 6.07) is 6.39. The van der Waals surface area contributed by atoms with Crippen LogP contribution in [0.25, 0.3) is 0 Å². The zero-order chi connectivity index (χ0) is 14.3. The Hall–Kier alpha value is -2.14. The van der Waals surface area contributed by atoms with Gasteiger partial charge in [-0.1, -0.05) is 30.3 Å². The Labute approximate surface area is 112 Å². The molecule has 0 heterocycles. The van der Waals surface area contributed by atoms with Gasteiger partial charge in [0.1, 0.15) is 6.04 Å². The van der Waals surface area contributed by atoms with Gasteiger partial charge >= 0.3 is 5.97 Å². The van der Waals surface area contributed by atoms with E-state index in [2.05, 4.69) is 11.9 Å². The van der Waals surface area contributed by atoms with Crippen LogP contribution in [0.15, 0.2) is 36.9 Å². The lowest BCUT2D eigenvalue weighted by Crippen LogP contribution is -2.41. The minimum atomic E-state index is -1.07. The number of rotatable bonds is 7. The number of nitrogens with one attached hydrogen (secondary N) is 1. The minimum Gasteiger partial charge on any atom is -0.480 e. The lowest BCUT2D eigenvalue weighted by atomic mass is 10.0. The fourth-order valence-electron chi connectivity index (χ4n) is 1.74. The van der Waals surface area contributed by atoms with Crippen molar-refractivity contribution in [1.29, 1.82) is 0 Å². The predicted molar refractivity (Wildman–Crippen MR) is 72.4 cm³/mol. The second-order valence-corrected chi connectivity index (χ2v) is 4.13. The van der Waals surface area contributed by atoms with Gasteiger partial charge in [0.15, 0.2) is 0 Å². The van der Waals surface area contributed by atoms with Gasteiger partial charge in [-0.15, -0.1) is 6.58 Å². The quantitative estimate of drug-likeness (QED) is 0.635. The van der Waals surface area contributed by atoms with Crippen molar-refractivity contribution >= 4 is 11.9 Å². The van der Waals surface area contributed by atoms with Crippen molar-refractivity contribution in [3.8, 4) is 0 Å². The number of hydrogen-bond donors (Lipinski definition) is 3. The van der Waals surface area contributed by atoms with Crippen LogP contribution < -0.4 is 11.1 Å². The van der Waals surface area contributed by atoms with E-state index in [1.807, 2.05) is 24.3 Å². The van der Waals surface area contributed by atoms with E-state index >= 15 is 0 Å². The first-order chi connectivity index (χ1) is 9.08. The second-order valence-electron chi connectivity index (χ2n) is 4.13. The van der Waals surface area contributed by atoms with Crippen LogP contribution in [0.3, 0.4) is 0 Å². The largest absolute Gasteiger partial charge is 0.480 e. The second kappa shape index (κ2) is 7.33. The van der Waals surface area contributed by atoms with E-state index in [4.69, 9.17) is 10.8 Å². The maximum atomic E-state index is 11.8. The third-order valence-electron chi connectivity index (χ3n) is 2.72. The molecule has 0 bridgehead atoms. The summed E-state index contributed by atoms with van der Waals surface area (Å²) in [4.78, 5) is 22.7. The molecule has 0 aliphatic heterocycles. The van der Waals surface area contributed by atoms with Crippen molar-refractivity contribution in [3.63, 3.8) is 0 Å². The van der Waals surface area contributed by atoms with E-state index in [-0.39, 0.29) is 18.7 Å². The lowest BCUT2D eigenvalue weighted by Gasteiger charge is -2.13. The molecule has 4 N–H and O–H groups in total. The Morgan fingerprint density at radius 1 is 1.37 bits per heavy atom. The highest BCUT2D eigenvalue weighted by molar-refractivity contribution is 5.85. The Morgan fingerprint density at radius 3 is 2.53 bits per heavy atom. The van der Waals surface area contributed by atoms with Gasteiger partial charge in [0.25, 0.3) is 0 Å². The van der Waals surface area contributed by atoms with Crippen LogP contribution in [0.4, 0.5) is 0 Å². The average Bonchev–Trinajstić information content (AvgIpc) is 2.38. The highest BCUT2D eigenvalue weighted by Gasteiger charge is 2.18. The maximum absolute atomic E-state index is 11.8. The highest BCUT2D eigenvalue weighted by Crippen LogP contribution is 2.09. The average molecular weight is 262 g/mol. The van der Waals surface area contributed by atoms with E-state index < -0.39 is 12.0 Å². The lowest BCUT2D eigenvalue weighted by molar-refractivity contribution is -0.141. The Balaban J connectivity index is 2.68. The number of carboxylic acids is 1. The molecule has 0 radical (unpaired) electrons. The summed E-state index contributed by atoms with van der Waals surface area (Å²) in [5, 5.41) is 11.4. The zero-order valence-corrected chi connectivity index (χ0v) is 10.6. The molecular formula is C14H18N2O3. The van der Waals surface area contributed by atoms with Gasteiger partial charge in [0, 0.05) is 6.54 Å². The molecule has 0 saturated heterocycles. The van der Waals surface area contributed by atoms with E-state index in [0.29, 0.717) is 6.54 Å². The molecule has 1 rings (SSSR count). The van der Waals surface area contributed by atoms with E-state index in [9.17, 15) is 9.59 Å². The number of aliphatic carboxylic acids is 1. The van der Waals surface area contributed by atoms with Crippen molar-refractivity contribution in [2.75, 3.05) is 0 Å².